The smallest absolute Gasteiger partial charge is 0.241 e. The fourth-order valence-corrected chi connectivity index (χ4v) is 2.20. The second kappa shape index (κ2) is 7.82. The molecule has 1 aromatic rings. The molecule has 1 unspecified atom stereocenters. The van der Waals surface area contributed by atoms with Gasteiger partial charge in [-0.2, -0.15) is 4.89 Å². The van der Waals surface area contributed by atoms with E-state index in [0.717, 1.165) is 18.3 Å². The Morgan fingerprint density at radius 1 is 1.36 bits per heavy atom. The number of nitrogens with zero attached hydrogens (tertiary/aromatic N) is 1. The van der Waals surface area contributed by atoms with Gasteiger partial charge in [0.2, 0.25) is 6.35 Å². The first-order valence-electron chi connectivity index (χ1n) is 7.43. The van der Waals surface area contributed by atoms with Crippen LogP contribution >= 0.6 is 0 Å². The highest BCUT2D eigenvalue weighted by molar-refractivity contribution is 5.74. The average molecular weight is 305 g/mol. The number of benzene rings is 1. The normalized spacial score (nSPS) is 17.6. The first-order chi connectivity index (χ1) is 10.7. The van der Waals surface area contributed by atoms with Crippen LogP contribution in [-0.4, -0.2) is 31.2 Å². The molecule has 2 rings (SSSR count). The molecule has 120 valence electrons. The van der Waals surface area contributed by atoms with E-state index in [1.54, 1.807) is 7.05 Å². The number of carbonyl (C=O) groups is 1. The standard InChI is InChI=1S/C16H23N3O3/c1-4-9-21-22-16-18-15(17-3)14(11-20)19(16)10-13-7-5-12(2)6-8-13/h5-8,11,16-18H,4,9-10H2,1-3H3. The largest absolute Gasteiger partial charge is 0.373 e. The van der Waals surface area contributed by atoms with Gasteiger partial charge in [0.05, 0.1) is 6.61 Å². The Morgan fingerprint density at radius 3 is 2.68 bits per heavy atom. The minimum atomic E-state index is -0.532. The molecule has 1 atom stereocenters. The van der Waals surface area contributed by atoms with Crippen molar-refractivity contribution in [3.8, 4) is 0 Å². The van der Waals surface area contributed by atoms with Crippen molar-refractivity contribution in [2.24, 2.45) is 0 Å². The van der Waals surface area contributed by atoms with Crippen LogP contribution in [0.3, 0.4) is 0 Å². The number of aldehydes is 1. The second-order valence-corrected chi connectivity index (χ2v) is 5.16. The zero-order valence-electron chi connectivity index (χ0n) is 13.3. The van der Waals surface area contributed by atoms with Gasteiger partial charge in [-0.15, -0.1) is 0 Å². The van der Waals surface area contributed by atoms with Crippen molar-refractivity contribution in [2.45, 2.75) is 33.2 Å². The van der Waals surface area contributed by atoms with E-state index in [0.29, 0.717) is 24.7 Å². The highest BCUT2D eigenvalue weighted by Gasteiger charge is 2.32. The minimum Gasteiger partial charge on any atom is -0.373 e. The molecule has 0 radical (unpaired) electrons. The van der Waals surface area contributed by atoms with Crippen molar-refractivity contribution in [1.29, 1.82) is 0 Å². The molecule has 22 heavy (non-hydrogen) atoms. The molecule has 0 spiro atoms. The fourth-order valence-electron chi connectivity index (χ4n) is 2.20. The van der Waals surface area contributed by atoms with E-state index in [1.165, 1.54) is 5.56 Å². The van der Waals surface area contributed by atoms with Crippen LogP contribution in [0.15, 0.2) is 35.8 Å². The zero-order valence-corrected chi connectivity index (χ0v) is 13.3. The van der Waals surface area contributed by atoms with Crippen LogP contribution in [0.25, 0.3) is 0 Å². The van der Waals surface area contributed by atoms with Crippen molar-refractivity contribution < 1.29 is 14.6 Å². The molecule has 0 saturated heterocycles. The van der Waals surface area contributed by atoms with E-state index in [4.69, 9.17) is 9.78 Å². The summed E-state index contributed by atoms with van der Waals surface area (Å²) in [6.07, 6.45) is 1.14. The lowest BCUT2D eigenvalue weighted by Crippen LogP contribution is -2.40. The molecule has 6 heteroatoms. The summed E-state index contributed by atoms with van der Waals surface area (Å²) < 4.78 is 0. The molecule has 0 aromatic heterocycles. The summed E-state index contributed by atoms with van der Waals surface area (Å²) in [4.78, 5) is 23.8. The quantitative estimate of drug-likeness (QED) is 0.329. The molecule has 1 aliphatic rings. The molecule has 1 aliphatic heterocycles. The van der Waals surface area contributed by atoms with Gasteiger partial charge < -0.3 is 15.5 Å². The molecule has 1 heterocycles. The highest BCUT2D eigenvalue weighted by atomic mass is 17.2. The summed E-state index contributed by atoms with van der Waals surface area (Å²) >= 11 is 0. The van der Waals surface area contributed by atoms with Gasteiger partial charge in [0.1, 0.15) is 11.5 Å². The summed E-state index contributed by atoms with van der Waals surface area (Å²) in [5.41, 5.74) is 2.81. The van der Waals surface area contributed by atoms with E-state index in [-0.39, 0.29) is 0 Å². The maximum absolute atomic E-state index is 11.4. The SMILES string of the molecule is CCCOOC1NC(NC)=C(C=O)N1Cc1ccc(C)cc1. The van der Waals surface area contributed by atoms with Crippen molar-refractivity contribution in [3.05, 3.63) is 46.9 Å². The molecule has 0 amide bonds. The Labute approximate surface area is 131 Å². The lowest BCUT2D eigenvalue weighted by molar-refractivity contribution is -0.351. The number of rotatable bonds is 8. The van der Waals surface area contributed by atoms with E-state index in [1.807, 2.05) is 43.0 Å². The van der Waals surface area contributed by atoms with Gasteiger partial charge in [-0.3, -0.25) is 4.79 Å². The maximum Gasteiger partial charge on any atom is 0.241 e. The van der Waals surface area contributed by atoms with Crippen molar-refractivity contribution in [1.82, 2.24) is 15.5 Å². The van der Waals surface area contributed by atoms with Crippen LogP contribution in [0.2, 0.25) is 0 Å². The Bertz CT molecular complexity index is 528. The summed E-state index contributed by atoms with van der Waals surface area (Å²) in [5.74, 6) is 0.632. The molecule has 1 aromatic carbocycles. The van der Waals surface area contributed by atoms with Crippen LogP contribution in [0.5, 0.6) is 0 Å². The first kappa shape index (κ1) is 16.3. The summed E-state index contributed by atoms with van der Waals surface area (Å²) in [6.45, 7) is 5.10. The van der Waals surface area contributed by atoms with Crippen LogP contribution < -0.4 is 10.6 Å². The fraction of sp³-hybridized carbons (Fsp3) is 0.438. The predicted octanol–water partition coefficient (Wildman–Crippen LogP) is 1.63. The van der Waals surface area contributed by atoms with Crippen molar-refractivity contribution in [2.75, 3.05) is 13.7 Å². The lowest BCUT2D eigenvalue weighted by atomic mass is 10.1. The van der Waals surface area contributed by atoms with Gasteiger partial charge in [0, 0.05) is 13.6 Å². The number of carbonyl (C=O) groups excluding carboxylic acids is 1. The minimum absolute atomic E-state index is 0.502. The van der Waals surface area contributed by atoms with Crippen LogP contribution in [0.1, 0.15) is 24.5 Å². The molecule has 6 nitrogen and oxygen atoms in total. The Morgan fingerprint density at radius 2 is 2.09 bits per heavy atom. The van der Waals surface area contributed by atoms with E-state index < -0.39 is 6.35 Å². The highest BCUT2D eigenvalue weighted by Crippen LogP contribution is 2.21. The molecular weight excluding hydrogens is 282 g/mol. The summed E-state index contributed by atoms with van der Waals surface area (Å²) in [5, 5.41) is 6.07. The number of hydrogen-bond donors (Lipinski definition) is 2. The van der Waals surface area contributed by atoms with Crippen LogP contribution in [-0.2, 0) is 21.1 Å². The first-order valence-corrected chi connectivity index (χ1v) is 7.43. The second-order valence-electron chi connectivity index (χ2n) is 5.16. The molecule has 0 fully saturated rings. The lowest BCUT2D eigenvalue weighted by Gasteiger charge is -2.25. The maximum atomic E-state index is 11.4. The van der Waals surface area contributed by atoms with Gasteiger partial charge >= 0.3 is 0 Å². The molecule has 0 saturated carbocycles. The van der Waals surface area contributed by atoms with Gasteiger partial charge in [0.25, 0.3) is 0 Å². The zero-order chi connectivity index (χ0) is 15.9. The average Bonchev–Trinajstić information content (AvgIpc) is 2.87. The molecule has 0 bridgehead atoms. The van der Waals surface area contributed by atoms with Crippen LogP contribution in [0.4, 0.5) is 0 Å². The monoisotopic (exact) mass is 305 g/mol. The number of nitrogens with one attached hydrogen (secondary N) is 2. The third-order valence-corrected chi connectivity index (χ3v) is 3.40. The molecule has 2 N–H and O–H groups in total. The Balaban J connectivity index is 2.14. The van der Waals surface area contributed by atoms with E-state index >= 15 is 0 Å². The Kier molecular flexibility index (Phi) is 5.80. The third kappa shape index (κ3) is 3.78. The van der Waals surface area contributed by atoms with Crippen molar-refractivity contribution in [3.63, 3.8) is 0 Å². The number of aryl methyl sites for hydroxylation is 1. The topological polar surface area (TPSA) is 62.8 Å². The number of hydrogen-bond acceptors (Lipinski definition) is 6. The summed E-state index contributed by atoms with van der Waals surface area (Å²) in [6, 6.07) is 8.18. The van der Waals surface area contributed by atoms with Gasteiger partial charge in [-0.25, -0.2) is 4.89 Å². The van der Waals surface area contributed by atoms with Crippen molar-refractivity contribution >= 4 is 6.29 Å². The Hall–Kier alpha value is -2.05. The van der Waals surface area contributed by atoms with E-state index in [9.17, 15) is 4.79 Å². The van der Waals surface area contributed by atoms with Crippen LogP contribution in [0, 0.1) is 6.92 Å². The molecule has 0 aliphatic carbocycles. The number of allylic oxidation sites excluding steroid dienone is 1. The van der Waals surface area contributed by atoms with Gasteiger partial charge in [-0.1, -0.05) is 36.8 Å². The van der Waals surface area contributed by atoms with Gasteiger partial charge in [0.15, 0.2) is 6.29 Å². The molecular formula is C16H23N3O3. The van der Waals surface area contributed by atoms with E-state index in [2.05, 4.69) is 10.6 Å². The predicted molar refractivity (Wildman–Crippen MR) is 83.1 cm³/mol. The van der Waals surface area contributed by atoms with Gasteiger partial charge in [-0.05, 0) is 18.9 Å². The summed E-state index contributed by atoms with van der Waals surface area (Å²) in [7, 11) is 1.76. The third-order valence-electron chi connectivity index (χ3n) is 3.40.